The molecule has 0 radical (unpaired) electrons. The van der Waals surface area contributed by atoms with Crippen molar-refractivity contribution in [2.24, 2.45) is 5.73 Å². The molecule has 1 atom stereocenters. The van der Waals surface area contributed by atoms with Gasteiger partial charge in [0.1, 0.15) is 12.4 Å². The lowest BCUT2D eigenvalue weighted by molar-refractivity contribution is 0.293. The highest BCUT2D eigenvalue weighted by Crippen LogP contribution is 2.05. The number of pyridine rings is 1. The minimum atomic E-state index is -0.209. The monoisotopic (exact) mass is 260 g/mol. The number of rotatable bonds is 5. The van der Waals surface area contributed by atoms with Gasteiger partial charge in [-0.05, 0) is 24.6 Å². The summed E-state index contributed by atoms with van der Waals surface area (Å²) in [7, 11) is 0. The van der Waals surface area contributed by atoms with Gasteiger partial charge in [-0.3, -0.25) is 9.78 Å². The SMILES string of the molecule is CC(N)COc1cnn(Cc2ccncc2)c(=O)c1. The van der Waals surface area contributed by atoms with E-state index in [4.69, 9.17) is 10.5 Å². The first-order chi connectivity index (χ1) is 9.15. The number of nitrogens with two attached hydrogens (primary N) is 1. The van der Waals surface area contributed by atoms with Gasteiger partial charge in [0.05, 0.1) is 12.7 Å². The summed E-state index contributed by atoms with van der Waals surface area (Å²) in [4.78, 5) is 15.8. The Morgan fingerprint density at radius 3 is 2.79 bits per heavy atom. The van der Waals surface area contributed by atoms with Crippen molar-refractivity contribution in [1.29, 1.82) is 0 Å². The van der Waals surface area contributed by atoms with Crippen LogP contribution in [0.4, 0.5) is 0 Å². The summed E-state index contributed by atoms with van der Waals surface area (Å²) in [6.45, 7) is 2.60. The average Bonchev–Trinajstić information content (AvgIpc) is 2.40. The van der Waals surface area contributed by atoms with E-state index in [-0.39, 0.29) is 11.6 Å². The molecule has 2 aromatic heterocycles. The fourth-order valence-corrected chi connectivity index (χ4v) is 1.50. The van der Waals surface area contributed by atoms with Gasteiger partial charge in [-0.2, -0.15) is 5.10 Å². The Hall–Kier alpha value is -2.21. The van der Waals surface area contributed by atoms with Crippen LogP contribution < -0.4 is 16.0 Å². The van der Waals surface area contributed by atoms with E-state index in [2.05, 4.69) is 10.1 Å². The van der Waals surface area contributed by atoms with Gasteiger partial charge in [-0.1, -0.05) is 0 Å². The van der Waals surface area contributed by atoms with Gasteiger partial charge in [0.2, 0.25) is 0 Å². The molecule has 0 aromatic carbocycles. The van der Waals surface area contributed by atoms with E-state index in [1.165, 1.54) is 16.9 Å². The molecule has 2 heterocycles. The van der Waals surface area contributed by atoms with E-state index in [1.54, 1.807) is 12.4 Å². The second-order valence-electron chi connectivity index (χ2n) is 4.33. The van der Waals surface area contributed by atoms with Crippen LogP contribution >= 0.6 is 0 Å². The van der Waals surface area contributed by atoms with Gasteiger partial charge < -0.3 is 10.5 Å². The Bertz CT molecular complexity index is 581. The first-order valence-electron chi connectivity index (χ1n) is 5.99. The zero-order chi connectivity index (χ0) is 13.7. The highest BCUT2D eigenvalue weighted by molar-refractivity contribution is 5.15. The molecule has 0 spiro atoms. The summed E-state index contributed by atoms with van der Waals surface area (Å²) in [6.07, 6.45) is 4.88. The van der Waals surface area contributed by atoms with Gasteiger partial charge >= 0.3 is 0 Å². The minimum Gasteiger partial charge on any atom is -0.490 e. The molecule has 2 N–H and O–H groups in total. The van der Waals surface area contributed by atoms with Crippen LogP contribution in [0, 0.1) is 0 Å². The van der Waals surface area contributed by atoms with Crippen molar-refractivity contribution in [3.05, 3.63) is 52.7 Å². The van der Waals surface area contributed by atoms with Gasteiger partial charge in [-0.25, -0.2) is 4.68 Å². The van der Waals surface area contributed by atoms with Crippen LogP contribution in [-0.2, 0) is 6.54 Å². The molecular formula is C13H16N4O2. The number of nitrogens with zero attached hydrogens (tertiary/aromatic N) is 3. The van der Waals surface area contributed by atoms with Gasteiger partial charge in [0.15, 0.2) is 0 Å². The molecule has 0 amide bonds. The van der Waals surface area contributed by atoms with Crippen molar-refractivity contribution >= 4 is 0 Å². The van der Waals surface area contributed by atoms with E-state index >= 15 is 0 Å². The summed E-state index contributed by atoms with van der Waals surface area (Å²) in [5.41, 5.74) is 6.33. The molecule has 0 saturated carbocycles. The largest absolute Gasteiger partial charge is 0.490 e. The molecule has 0 fully saturated rings. The van der Waals surface area contributed by atoms with Crippen LogP contribution in [0.25, 0.3) is 0 Å². The van der Waals surface area contributed by atoms with Gasteiger partial charge in [-0.15, -0.1) is 0 Å². The zero-order valence-electron chi connectivity index (χ0n) is 10.7. The van der Waals surface area contributed by atoms with Crippen molar-refractivity contribution in [1.82, 2.24) is 14.8 Å². The molecule has 2 rings (SSSR count). The summed E-state index contributed by atoms with van der Waals surface area (Å²) in [5.74, 6) is 0.438. The van der Waals surface area contributed by atoms with Crippen molar-refractivity contribution in [2.45, 2.75) is 19.5 Å². The van der Waals surface area contributed by atoms with Crippen LogP contribution in [0.5, 0.6) is 5.75 Å². The second-order valence-corrected chi connectivity index (χ2v) is 4.33. The lowest BCUT2D eigenvalue weighted by atomic mass is 10.3. The maximum atomic E-state index is 11.9. The maximum Gasteiger partial charge on any atom is 0.270 e. The topological polar surface area (TPSA) is 83.0 Å². The molecule has 0 aliphatic carbocycles. The quantitative estimate of drug-likeness (QED) is 0.842. The summed E-state index contributed by atoms with van der Waals surface area (Å²) in [6, 6.07) is 5.01. The van der Waals surface area contributed by atoms with Crippen LogP contribution in [0.1, 0.15) is 12.5 Å². The van der Waals surface area contributed by atoms with E-state index in [1.807, 2.05) is 19.1 Å². The minimum absolute atomic E-state index is 0.0840. The first-order valence-corrected chi connectivity index (χ1v) is 5.99. The van der Waals surface area contributed by atoms with E-state index in [0.29, 0.717) is 18.9 Å². The standard InChI is InChI=1S/C13H16N4O2/c1-10(14)9-19-12-6-13(18)17(16-7-12)8-11-2-4-15-5-3-11/h2-7,10H,8-9,14H2,1H3. The fraction of sp³-hybridized carbons (Fsp3) is 0.308. The van der Waals surface area contributed by atoms with Crippen LogP contribution in [0.2, 0.25) is 0 Å². The third-order valence-corrected chi connectivity index (χ3v) is 2.44. The van der Waals surface area contributed by atoms with Crippen molar-refractivity contribution in [3.8, 4) is 5.75 Å². The fourth-order valence-electron chi connectivity index (χ4n) is 1.50. The van der Waals surface area contributed by atoms with Gasteiger partial charge in [0.25, 0.3) is 5.56 Å². The number of hydrogen-bond donors (Lipinski definition) is 1. The Morgan fingerprint density at radius 1 is 1.42 bits per heavy atom. The molecule has 0 aliphatic rings. The maximum absolute atomic E-state index is 11.9. The predicted octanol–water partition coefficient (Wildman–Crippen LogP) is 0.413. The van der Waals surface area contributed by atoms with Crippen molar-refractivity contribution < 1.29 is 4.74 Å². The molecule has 0 aliphatic heterocycles. The lowest BCUT2D eigenvalue weighted by Crippen LogP contribution is -2.26. The average molecular weight is 260 g/mol. The molecule has 19 heavy (non-hydrogen) atoms. The number of aromatic nitrogens is 3. The highest BCUT2D eigenvalue weighted by atomic mass is 16.5. The second kappa shape index (κ2) is 6.10. The van der Waals surface area contributed by atoms with Crippen molar-refractivity contribution in [3.63, 3.8) is 0 Å². The lowest BCUT2D eigenvalue weighted by Gasteiger charge is -2.09. The van der Waals surface area contributed by atoms with Gasteiger partial charge in [0, 0.05) is 24.5 Å². The van der Waals surface area contributed by atoms with Crippen molar-refractivity contribution in [2.75, 3.05) is 6.61 Å². The summed E-state index contributed by atoms with van der Waals surface area (Å²) in [5, 5.41) is 4.07. The molecule has 0 saturated heterocycles. The Labute approximate surface area is 110 Å². The third-order valence-electron chi connectivity index (χ3n) is 2.44. The molecule has 6 heteroatoms. The molecule has 2 aromatic rings. The summed E-state index contributed by atoms with van der Waals surface area (Å²) < 4.78 is 6.71. The first kappa shape index (κ1) is 13.2. The van der Waals surface area contributed by atoms with Crippen LogP contribution in [0.3, 0.4) is 0 Å². The molecule has 1 unspecified atom stereocenters. The van der Waals surface area contributed by atoms with Crippen LogP contribution in [0.15, 0.2) is 41.6 Å². The van der Waals surface area contributed by atoms with E-state index in [9.17, 15) is 4.79 Å². The Balaban J connectivity index is 2.09. The van der Waals surface area contributed by atoms with Crippen LogP contribution in [-0.4, -0.2) is 27.4 Å². The molecule has 100 valence electrons. The number of hydrogen-bond acceptors (Lipinski definition) is 5. The molecule has 0 bridgehead atoms. The Morgan fingerprint density at radius 2 is 2.16 bits per heavy atom. The predicted molar refractivity (Wildman–Crippen MR) is 71.0 cm³/mol. The zero-order valence-corrected chi connectivity index (χ0v) is 10.7. The molecular weight excluding hydrogens is 244 g/mol. The normalized spacial score (nSPS) is 12.1. The van der Waals surface area contributed by atoms with E-state index < -0.39 is 0 Å². The summed E-state index contributed by atoms with van der Waals surface area (Å²) >= 11 is 0. The smallest absolute Gasteiger partial charge is 0.270 e. The van der Waals surface area contributed by atoms with E-state index in [0.717, 1.165) is 5.56 Å². The number of ether oxygens (including phenoxy) is 1. The highest BCUT2D eigenvalue weighted by Gasteiger charge is 2.03. The third kappa shape index (κ3) is 3.89. The molecule has 6 nitrogen and oxygen atoms in total. The Kier molecular flexibility index (Phi) is 4.25.